The summed E-state index contributed by atoms with van der Waals surface area (Å²) >= 11 is 0. The van der Waals surface area contributed by atoms with E-state index in [1.54, 1.807) is 0 Å². The first-order valence-electron chi connectivity index (χ1n) is 6.24. The van der Waals surface area contributed by atoms with E-state index < -0.39 is 0 Å². The van der Waals surface area contributed by atoms with Crippen LogP contribution in [0.5, 0.6) is 0 Å². The third-order valence-electron chi connectivity index (χ3n) is 3.66. The highest BCUT2D eigenvalue weighted by atomic mass is 14.9. The van der Waals surface area contributed by atoms with Gasteiger partial charge in [-0.3, -0.25) is 0 Å². The van der Waals surface area contributed by atoms with E-state index in [9.17, 15) is 0 Å². The molecule has 2 nitrogen and oxygen atoms in total. The van der Waals surface area contributed by atoms with Gasteiger partial charge in [-0.2, -0.15) is 0 Å². The van der Waals surface area contributed by atoms with E-state index >= 15 is 0 Å². The number of nitrogens with one attached hydrogen (secondary N) is 1. The van der Waals surface area contributed by atoms with E-state index in [4.69, 9.17) is 5.73 Å². The minimum Gasteiger partial charge on any atom is -0.398 e. The van der Waals surface area contributed by atoms with Crippen LogP contribution in [-0.4, -0.2) is 12.6 Å². The molecule has 1 fully saturated rings. The van der Waals surface area contributed by atoms with Crippen molar-refractivity contribution in [2.45, 2.75) is 39.2 Å². The highest BCUT2D eigenvalue weighted by molar-refractivity contribution is 5.50. The Morgan fingerprint density at radius 1 is 1.38 bits per heavy atom. The molecule has 1 aromatic carbocycles. The molecule has 2 unspecified atom stereocenters. The first-order chi connectivity index (χ1) is 7.66. The van der Waals surface area contributed by atoms with Crippen LogP contribution in [0.2, 0.25) is 0 Å². The molecule has 1 aromatic rings. The lowest BCUT2D eigenvalue weighted by Gasteiger charge is -2.28. The Labute approximate surface area is 98.2 Å². The van der Waals surface area contributed by atoms with Crippen LogP contribution in [-0.2, 0) is 6.42 Å². The van der Waals surface area contributed by atoms with Gasteiger partial charge in [0.25, 0.3) is 0 Å². The van der Waals surface area contributed by atoms with Crippen molar-refractivity contribution in [2.24, 2.45) is 5.92 Å². The number of anilines is 1. The Bertz CT molecular complexity index is 332. The minimum absolute atomic E-state index is 0.611. The molecule has 88 valence electrons. The molecule has 2 rings (SSSR count). The monoisotopic (exact) mass is 218 g/mol. The van der Waals surface area contributed by atoms with Crippen molar-refractivity contribution < 1.29 is 0 Å². The predicted molar refractivity (Wildman–Crippen MR) is 69.5 cm³/mol. The molecule has 0 amide bonds. The molecule has 16 heavy (non-hydrogen) atoms. The molecule has 0 radical (unpaired) electrons. The lowest BCUT2D eigenvalue weighted by Crippen LogP contribution is -2.39. The molecule has 0 aliphatic carbocycles. The van der Waals surface area contributed by atoms with Crippen LogP contribution in [0, 0.1) is 12.8 Å². The second-order valence-corrected chi connectivity index (χ2v) is 5.13. The number of aryl methyl sites for hydroxylation is 1. The number of hydrogen-bond acceptors (Lipinski definition) is 2. The Morgan fingerprint density at radius 2 is 2.19 bits per heavy atom. The quantitative estimate of drug-likeness (QED) is 0.749. The lowest BCUT2D eigenvalue weighted by atomic mass is 9.90. The average molecular weight is 218 g/mol. The van der Waals surface area contributed by atoms with Gasteiger partial charge in [-0.15, -0.1) is 0 Å². The number of nitrogens with two attached hydrogens (primary N) is 1. The van der Waals surface area contributed by atoms with Gasteiger partial charge in [-0.05, 0) is 55.8 Å². The highest BCUT2D eigenvalue weighted by Gasteiger charge is 2.18. The summed E-state index contributed by atoms with van der Waals surface area (Å²) in [4.78, 5) is 0. The lowest BCUT2D eigenvalue weighted by molar-refractivity contribution is 0.326. The fourth-order valence-electron chi connectivity index (χ4n) is 2.48. The van der Waals surface area contributed by atoms with Crippen molar-refractivity contribution in [1.29, 1.82) is 0 Å². The van der Waals surface area contributed by atoms with E-state index in [2.05, 4.69) is 25.2 Å². The number of nitrogen functional groups attached to an aromatic ring is 1. The van der Waals surface area contributed by atoms with Crippen molar-refractivity contribution in [3.8, 4) is 0 Å². The van der Waals surface area contributed by atoms with Crippen molar-refractivity contribution in [1.82, 2.24) is 5.32 Å². The first-order valence-corrected chi connectivity index (χ1v) is 6.24. The molecule has 2 atom stereocenters. The molecule has 1 saturated heterocycles. The van der Waals surface area contributed by atoms with E-state index in [0.717, 1.165) is 24.6 Å². The summed E-state index contributed by atoms with van der Waals surface area (Å²) in [5.74, 6) is 0.825. The van der Waals surface area contributed by atoms with Gasteiger partial charge in [-0.1, -0.05) is 19.1 Å². The largest absolute Gasteiger partial charge is 0.398 e. The van der Waals surface area contributed by atoms with Gasteiger partial charge in [0.1, 0.15) is 0 Å². The summed E-state index contributed by atoms with van der Waals surface area (Å²) in [5.41, 5.74) is 9.63. The van der Waals surface area contributed by atoms with Crippen LogP contribution in [0.3, 0.4) is 0 Å². The topological polar surface area (TPSA) is 38.0 Å². The summed E-state index contributed by atoms with van der Waals surface area (Å²) < 4.78 is 0. The van der Waals surface area contributed by atoms with Gasteiger partial charge in [0, 0.05) is 11.7 Å². The Hall–Kier alpha value is -1.02. The maximum atomic E-state index is 6.04. The summed E-state index contributed by atoms with van der Waals surface area (Å²) in [6.07, 6.45) is 3.68. The van der Waals surface area contributed by atoms with E-state index in [1.165, 1.54) is 24.0 Å². The maximum Gasteiger partial charge on any atom is 0.0349 e. The Morgan fingerprint density at radius 3 is 2.81 bits per heavy atom. The fourth-order valence-corrected chi connectivity index (χ4v) is 2.48. The second kappa shape index (κ2) is 4.88. The summed E-state index contributed by atoms with van der Waals surface area (Å²) in [7, 11) is 0. The third-order valence-corrected chi connectivity index (χ3v) is 3.66. The normalized spacial score (nSPS) is 25.6. The van der Waals surface area contributed by atoms with Gasteiger partial charge in [0.05, 0.1) is 0 Å². The number of benzene rings is 1. The SMILES string of the molecule is Cc1cccc(N)c1CC1CCC(C)CN1. The molecule has 3 N–H and O–H groups in total. The zero-order chi connectivity index (χ0) is 11.5. The van der Waals surface area contributed by atoms with Crippen LogP contribution in [0.1, 0.15) is 30.9 Å². The standard InChI is InChI=1S/C14H22N2/c1-10-6-7-12(16-9-10)8-13-11(2)4-3-5-14(13)15/h3-5,10,12,16H,6-9,15H2,1-2H3. The van der Waals surface area contributed by atoms with Gasteiger partial charge in [0.2, 0.25) is 0 Å². The summed E-state index contributed by atoms with van der Waals surface area (Å²) in [5, 5.41) is 3.62. The van der Waals surface area contributed by atoms with Crippen molar-refractivity contribution in [3.05, 3.63) is 29.3 Å². The molecule has 2 heteroatoms. The Kier molecular flexibility index (Phi) is 3.49. The third kappa shape index (κ3) is 2.56. The molecule has 1 aliphatic heterocycles. The van der Waals surface area contributed by atoms with Crippen LogP contribution in [0.4, 0.5) is 5.69 Å². The summed E-state index contributed by atoms with van der Waals surface area (Å²) in [6, 6.07) is 6.80. The molecule has 1 aliphatic rings. The number of piperidine rings is 1. The second-order valence-electron chi connectivity index (χ2n) is 5.13. The average Bonchev–Trinajstić information content (AvgIpc) is 2.26. The van der Waals surface area contributed by atoms with Gasteiger partial charge < -0.3 is 11.1 Å². The maximum absolute atomic E-state index is 6.04. The molecular weight excluding hydrogens is 196 g/mol. The molecule has 1 heterocycles. The van der Waals surface area contributed by atoms with Gasteiger partial charge in [0.15, 0.2) is 0 Å². The minimum atomic E-state index is 0.611. The number of hydrogen-bond donors (Lipinski definition) is 2. The van der Waals surface area contributed by atoms with E-state index in [0.29, 0.717) is 6.04 Å². The van der Waals surface area contributed by atoms with E-state index in [1.807, 2.05) is 12.1 Å². The van der Waals surface area contributed by atoms with Crippen LogP contribution in [0.25, 0.3) is 0 Å². The first kappa shape index (κ1) is 11.5. The van der Waals surface area contributed by atoms with Gasteiger partial charge in [-0.25, -0.2) is 0 Å². The molecular formula is C14H22N2. The van der Waals surface area contributed by atoms with Crippen molar-refractivity contribution in [3.63, 3.8) is 0 Å². The van der Waals surface area contributed by atoms with Crippen molar-refractivity contribution >= 4 is 5.69 Å². The number of rotatable bonds is 2. The van der Waals surface area contributed by atoms with Crippen LogP contribution in [0.15, 0.2) is 18.2 Å². The Balaban J connectivity index is 2.04. The molecule has 0 spiro atoms. The molecule has 0 bridgehead atoms. The van der Waals surface area contributed by atoms with Crippen molar-refractivity contribution in [2.75, 3.05) is 12.3 Å². The van der Waals surface area contributed by atoms with Gasteiger partial charge >= 0.3 is 0 Å². The van der Waals surface area contributed by atoms with E-state index in [-0.39, 0.29) is 0 Å². The molecule has 0 saturated carbocycles. The van der Waals surface area contributed by atoms with Crippen LogP contribution >= 0.6 is 0 Å². The fraction of sp³-hybridized carbons (Fsp3) is 0.571. The zero-order valence-corrected chi connectivity index (χ0v) is 10.3. The zero-order valence-electron chi connectivity index (χ0n) is 10.3. The van der Waals surface area contributed by atoms with Crippen LogP contribution < -0.4 is 11.1 Å². The summed E-state index contributed by atoms with van der Waals surface area (Å²) in [6.45, 7) is 5.61. The highest BCUT2D eigenvalue weighted by Crippen LogP contribution is 2.22. The predicted octanol–water partition coefficient (Wildman–Crippen LogP) is 2.51. The molecule has 0 aromatic heterocycles. The smallest absolute Gasteiger partial charge is 0.0349 e.